The van der Waals surface area contributed by atoms with E-state index in [1.54, 1.807) is 0 Å². The zero-order chi connectivity index (χ0) is 12.9. The largest absolute Gasteiger partial charge is 0.507 e. The van der Waals surface area contributed by atoms with Gasteiger partial charge in [-0.15, -0.1) is 0 Å². The minimum absolute atomic E-state index is 0.0619. The van der Waals surface area contributed by atoms with Gasteiger partial charge in [0.2, 0.25) is 5.43 Å². The minimum Gasteiger partial charge on any atom is -0.507 e. The lowest BCUT2D eigenvalue weighted by Gasteiger charge is -2.07. The zero-order valence-corrected chi connectivity index (χ0v) is 9.51. The van der Waals surface area contributed by atoms with Crippen LogP contribution in [0.3, 0.4) is 0 Å². The van der Waals surface area contributed by atoms with E-state index in [9.17, 15) is 15.0 Å². The van der Waals surface area contributed by atoms with Gasteiger partial charge in [-0.05, 0) is 24.1 Å². The van der Waals surface area contributed by atoms with Crippen molar-refractivity contribution < 1.29 is 19.7 Å². The normalized spacial score (nSPS) is 18.2. The maximum atomic E-state index is 12.2. The number of aliphatic hydroxyl groups is 2. The molecule has 1 aliphatic rings. The number of aromatic hydroxyl groups is 1. The Morgan fingerprint density at radius 1 is 1.39 bits per heavy atom. The van der Waals surface area contributed by atoms with E-state index in [1.165, 1.54) is 12.1 Å². The van der Waals surface area contributed by atoms with E-state index in [0.29, 0.717) is 24.2 Å². The van der Waals surface area contributed by atoms with Crippen molar-refractivity contribution in [3.05, 3.63) is 39.2 Å². The summed E-state index contributed by atoms with van der Waals surface area (Å²) in [4.78, 5) is 12.2. The summed E-state index contributed by atoms with van der Waals surface area (Å²) in [5.74, 6) is 0.238. The molecule has 1 aromatic carbocycles. The van der Waals surface area contributed by atoms with Crippen LogP contribution in [0.25, 0.3) is 11.0 Å². The van der Waals surface area contributed by atoms with Crippen LogP contribution in [0.2, 0.25) is 0 Å². The Labute approximate surface area is 102 Å². The molecule has 5 heteroatoms. The molecular weight excluding hydrogens is 236 g/mol. The molecule has 1 atom stereocenters. The van der Waals surface area contributed by atoms with Crippen molar-refractivity contribution in [3.63, 3.8) is 0 Å². The van der Waals surface area contributed by atoms with Crippen LogP contribution in [0.15, 0.2) is 21.3 Å². The predicted molar refractivity (Wildman–Crippen MR) is 63.4 cm³/mol. The molecule has 3 rings (SSSR count). The summed E-state index contributed by atoms with van der Waals surface area (Å²) in [5.41, 5.74) is 0.575. The highest BCUT2D eigenvalue weighted by Gasteiger charge is 2.28. The second kappa shape index (κ2) is 3.83. The molecule has 1 heterocycles. The molecule has 0 fully saturated rings. The fraction of sp³-hybridized carbons (Fsp3) is 0.308. The maximum Gasteiger partial charge on any atom is 0.202 e. The van der Waals surface area contributed by atoms with Gasteiger partial charge in [-0.2, -0.15) is 0 Å². The standard InChI is InChI=1S/C13H12O5/c14-5-6-3-8(16)12-10(4-6)18-9-2-1-7(15)11(9)13(12)17/h3-4,7,14-16H,1-2,5H2. The summed E-state index contributed by atoms with van der Waals surface area (Å²) in [7, 11) is 0. The topological polar surface area (TPSA) is 90.9 Å². The fourth-order valence-corrected chi connectivity index (χ4v) is 2.44. The number of phenolic OH excluding ortho intramolecular Hbond substituents is 1. The molecule has 18 heavy (non-hydrogen) atoms. The molecular formula is C13H12O5. The van der Waals surface area contributed by atoms with Crippen LogP contribution in [-0.4, -0.2) is 15.3 Å². The summed E-state index contributed by atoms with van der Waals surface area (Å²) in [6.07, 6.45) is 0.140. The van der Waals surface area contributed by atoms with Gasteiger partial charge in [-0.3, -0.25) is 4.79 Å². The monoisotopic (exact) mass is 248 g/mol. The van der Waals surface area contributed by atoms with Gasteiger partial charge in [-0.25, -0.2) is 0 Å². The van der Waals surface area contributed by atoms with Crippen molar-refractivity contribution in [3.8, 4) is 5.75 Å². The third kappa shape index (κ3) is 1.45. The molecule has 0 saturated heterocycles. The molecule has 0 saturated carbocycles. The number of aliphatic hydroxyl groups excluding tert-OH is 2. The average Bonchev–Trinajstić information content (AvgIpc) is 2.70. The molecule has 1 aliphatic carbocycles. The first-order valence-corrected chi connectivity index (χ1v) is 5.72. The van der Waals surface area contributed by atoms with Crippen molar-refractivity contribution in [2.24, 2.45) is 0 Å². The molecule has 0 amide bonds. The van der Waals surface area contributed by atoms with Crippen LogP contribution >= 0.6 is 0 Å². The van der Waals surface area contributed by atoms with Gasteiger partial charge in [0, 0.05) is 6.42 Å². The van der Waals surface area contributed by atoms with Crippen molar-refractivity contribution in [2.75, 3.05) is 0 Å². The highest BCUT2D eigenvalue weighted by Crippen LogP contribution is 2.33. The maximum absolute atomic E-state index is 12.2. The van der Waals surface area contributed by atoms with E-state index in [-0.39, 0.29) is 28.9 Å². The van der Waals surface area contributed by atoms with Crippen molar-refractivity contribution >= 4 is 11.0 Å². The number of hydrogen-bond acceptors (Lipinski definition) is 5. The van der Waals surface area contributed by atoms with E-state index in [0.717, 1.165) is 0 Å². The van der Waals surface area contributed by atoms with Gasteiger partial charge < -0.3 is 19.7 Å². The number of aryl methyl sites for hydroxylation is 1. The fourth-order valence-electron chi connectivity index (χ4n) is 2.44. The Kier molecular flexibility index (Phi) is 2.39. The summed E-state index contributed by atoms with van der Waals surface area (Å²) in [5, 5.41) is 28.7. The summed E-state index contributed by atoms with van der Waals surface area (Å²) in [6, 6.07) is 2.86. The van der Waals surface area contributed by atoms with Crippen LogP contribution in [0.4, 0.5) is 0 Å². The van der Waals surface area contributed by atoms with Crippen LogP contribution in [-0.2, 0) is 13.0 Å². The van der Waals surface area contributed by atoms with E-state index >= 15 is 0 Å². The first kappa shape index (κ1) is 11.3. The third-order valence-electron chi connectivity index (χ3n) is 3.31. The van der Waals surface area contributed by atoms with Gasteiger partial charge in [0.1, 0.15) is 22.5 Å². The molecule has 5 nitrogen and oxygen atoms in total. The predicted octanol–water partition coefficient (Wildman–Crippen LogP) is 0.970. The Morgan fingerprint density at radius 3 is 2.89 bits per heavy atom. The number of rotatable bonds is 1. The van der Waals surface area contributed by atoms with Crippen LogP contribution < -0.4 is 5.43 Å². The third-order valence-corrected chi connectivity index (χ3v) is 3.31. The highest BCUT2D eigenvalue weighted by atomic mass is 16.3. The summed E-state index contributed by atoms with van der Waals surface area (Å²) < 4.78 is 5.55. The van der Waals surface area contributed by atoms with Crippen LogP contribution in [0.5, 0.6) is 5.75 Å². The van der Waals surface area contributed by atoms with E-state index < -0.39 is 11.5 Å². The van der Waals surface area contributed by atoms with E-state index in [1.807, 2.05) is 0 Å². The molecule has 2 aromatic rings. The number of hydrogen-bond donors (Lipinski definition) is 3. The number of fused-ring (bicyclic) bond motifs is 2. The van der Waals surface area contributed by atoms with Crippen molar-refractivity contribution in [1.82, 2.24) is 0 Å². The molecule has 0 spiro atoms. The number of benzene rings is 1. The molecule has 0 radical (unpaired) electrons. The molecule has 0 bridgehead atoms. The second-order valence-corrected chi connectivity index (χ2v) is 4.47. The molecule has 0 aliphatic heterocycles. The molecule has 1 unspecified atom stereocenters. The van der Waals surface area contributed by atoms with Gasteiger partial charge in [0.15, 0.2) is 0 Å². The number of phenols is 1. The minimum atomic E-state index is -0.822. The summed E-state index contributed by atoms with van der Waals surface area (Å²) >= 11 is 0. The van der Waals surface area contributed by atoms with Crippen molar-refractivity contribution in [2.45, 2.75) is 25.6 Å². The second-order valence-electron chi connectivity index (χ2n) is 4.47. The smallest absolute Gasteiger partial charge is 0.202 e. The molecule has 94 valence electrons. The lowest BCUT2D eigenvalue weighted by molar-refractivity contribution is 0.179. The molecule has 1 aromatic heterocycles. The van der Waals surface area contributed by atoms with E-state index in [2.05, 4.69) is 0 Å². The van der Waals surface area contributed by atoms with E-state index in [4.69, 9.17) is 9.52 Å². The Balaban J connectivity index is 2.42. The lowest BCUT2D eigenvalue weighted by Crippen LogP contribution is -2.12. The summed E-state index contributed by atoms with van der Waals surface area (Å²) in [6.45, 7) is -0.243. The quantitative estimate of drug-likeness (QED) is 0.699. The van der Waals surface area contributed by atoms with Crippen LogP contribution in [0, 0.1) is 0 Å². The Bertz CT molecular complexity index is 686. The first-order chi connectivity index (χ1) is 8.61. The molecule has 3 N–H and O–H groups in total. The van der Waals surface area contributed by atoms with Crippen LogP contribution in [0.1, 0.15) is 29.4 Å². The SMILES string of the molecule is O=c1c2c(oc3cc(CO)cc(O)c13)CCC2O. The zero-order valence-electron chi connectivity index (χ0n) is 9.51. The Morgan fingerprint density at radius 2 is 2.17 bits per heavy atom. The lowest BCUT2D eigenvalue weighted by atomic mass is 10.1. The van der Waals surface area contributed by atoms with Gasteiger partial charge >= 0.3 is 0 Å². The first-order valence-electron chi connectivity index (χ1n) is 5.72. The average molecular weight is 248 g/mol. The Hall–Kier alpha value is -1.85. The highest BCUT2D eigenvalue weighted by molar-refractivity contribution is 5.84. The van der Waals surface area contributed by atoms with Gasteiger partial charge in [0.25, 0.3) is 0 Å². The van der Waals surface area contributed by atoms with Gasteiger partial charge in [-0.1, -0.05) is 0 Å². The van der Waals surface area contributed by atoms with Crippen molar-refractivity contribution in [1.29, 1.82) is 0 Å². The van der Waals surface area contributed by atoms with Gasteiger partial charge in [0.05, 0.1) is 18.3 Å².